The van der Waals surface area contributed by atoms with Gasteiger partial charge in [-0.1, -0.05) is 27.2 Å². The van der Waals surface area contributed by atoms with E-state index in [0.29, 0.717) is 22.0 Å². The van der Waals surface area contributed by atoms with Crippen LogP contribution in [0, 0.1) is 11.3 Å². The van der Waals surface area contributed by atoms with Crippen LogP contribution in [0.5, 0.6) is 0 Å². The standard InChI is InChI=1S/C20H25N3O2S/c1-4-20(2,3)13-5-6-14-15(11-13)26-19(16(14)17(21)24)23-18(25)12-7-9-22-10-8-12/h7-10,13H,4-6,11H2,1-3H3,(H2,21,24)(H,23,25). The lowest BCUT2D eigenvalue weighted by Crippen LogP contribution is -2.29. The van der Waals surface area contributed by atoms with Crippen LogP contribution in [-0.4, -0.2) is 16.8 Å². The van der Waals surface area contributed by atoms with Gasteiger partial charge >= 0.3 is 0 Å². The zero-order valence-corrected chi connectivity index (χ0v) is 16.3. The Morgan fingerprint density at radius 1 is 1.35 bits per heavy atom. The van der Waals surface area contributed by atoms with Gasteiger partial charge in [0.15, 0.2) is 0 Å². The van der Waals surface area contributed by atoms with Crippen molar-refractivity contribution in [3.05, 3.63) is 46.1 Å². The number of hydrogen-bond donors (Lipinski definition) is 2. The molecule has 0 radical (unpaired) electrons. The number of anilines is 1. The minimum absolute atomic E-state index is 0.251. The first-order valence-corrected chi connectivity index (χ1v) is 9.81. The summed E-state index contributed by atoms with van der Waals surface area (Å²) in [5.41, 5.74) is 7.93. The van der Waals surface area contributed by atoms with Gasteiger partial charge in [-0.05, 0) is 48.3 Å². The van der Waals surface area contributed by atoms with Crippen LogP contribution in [0.25, 0.3) is 0 Å². The molecular weight excluding hydrogens is 346 g/mol. The number of aromatic nitrogens is 1. The summed E-state index contributed by atoms with van der Waals surface area (Å²) in [6.45, 7) is 6.83. The summed E-state index contributed by atoms with van der Waals surface area (Å²) >= 11 is 1.50. The molecule has 6 heteroatoms. The summed E-state index contributed by atoms with van der Waals surface area (Å²) < 4.78 is 0. The Hall–Kier alpha value is -2.21. The molecule has 1 unspecified atom stereocenters. The van der Waals surface area contributed by atoms with Crippen molar-refractivity contribution in [2.45, 2.75) is 46.5 Å². The van der Waals surface area contributed by atoms with Crippen LogP contribution >= 0.6 is 11.3 Å². The maximum Gasteiger partial charge on any atom is 0.256 e. The normalized spacial score (nSPS) is 16.8. The maximum atomic E-state index is 12.5. The Morgan fingerprint density at radius 3 is 2.65 bits per heavy atom. The average Bonchev–Trinajstić information content (AvgIpc) is 2.99. The monoisotopic (exact) mass is 371 g/mol. The van der Waals surface area contributed by atoms with Crippen LogP contribution in [-0.2, 0) is 12.8 Å². The lowest BCUT2D eigenvalue weighted by Gasteiger charge is -2.36. The number of thiophene rings is 1. The largest absolute Gasteiger partial charge is 0.365 e. The molecule has 2 heterocycles. The first-order chi connectivity index (χ1) is 12.3. The van der Waals surface area contributed by atoms with Crippen molar-refractivity contribution >= 4 is 28.2 Å². The molecule has 3 N–H and O–H groups in total. The fourth-order valence-corrected chi connectivity index (χ4v) is 4.90. The Balaban J connectivity index is 1.91. The zero-order valence-electron chi connectivity index (χ0n) is 15.5. The summed E-state index contributed by atoms with van der Waals surface area (Å²) in [6, 6.07) is 3.29. The van der Waals surface area contributed by atoms with E-state index in [4.69, 9.17) is 5.73 Å². The Morgan fingerprint density at radius 2 is 2.04 bits per heavy atom. The average molecular weight is 372 g/mol. The van der Waals surface area contributed by atoms with Gasteiger partial charge in [0.1, 0.15) is 5.00 Å². The predicted octanol–water partition coefficient (Wildman–Crippen LogP) is 4.04. The molecule has 138 valence electrons. The molecule has 0 bridgehead atoms. The van der Waals surface area contributed by atoms with E-state index in [2.05, 4.69) is 31.1 Å². The second-order valence-electron chi connectivity index (χ2n) is 7.54. The molecule has 0 aromatic carbocycles. The number of pyridine rings is 1. The lowest BCUT2D eigenvalue weighted by atomic mass is 9.69. The molecule has 0 fully saturated rings. The SMILES string of the molecule is CCC(C)(C)C1CCc2c(sc(NC(=O)c3ccncc3)c2C(N)=O)C1. The van der Waals surface area contributed by atoms with Gasteiger partial charge in [0.2, 0.25) is 0 Å². The summed E-state index contributed by atoms with van der Waals surface area (Å²) in [4.78, 5) is 29.7. The van der Waals surface area contributed by atoms with Gasteiger partial charge in [0, 0.05) is 22.8 Å². The highest BCUT2D eigenvalue weighted by Gasteiger charge is 2.35. The first kappa shape index (κ1) is 18.6. The molecule has 2 amide bonds. The van der Waals surface area contributed by atoms with E-state index in [1.807, 2.05) is 0 Å². The summed E-state index contributed by atoms with van der Waals surface area (Å²) in [5, 5.41) is 3.45. The van der Waals surface area contributed by atoms with Crippen molar-refractivity contribution in [1.29, 1.82) is 0 Å². The molecule has 3 rings (SSSR count). The van der Waals surface area contributed by atoms with Gasteiger partial charge in [-0.15, -0.1) is 11.3 Å². The van der Waals surface area contributed by atoms with Crippen LogP contribution in [0.2, 0.25) is 0 Å². The van der Waals surface area contributed by atoms with Crippen molar-refractivity contribution < 1.29 is 9.59 Å². The van der Waals surface area contributed by atoms with E-state index in [9.17, 15) is 9.59 Å². The van der Waals surface area contributed by atoms with Crippen molar-refractivity contribution in [2.75, 3.05) is 5.32 Å². The number of amides is 2. The van der Waals surface area contributed by atoms with Gasteiger partial charge in [0.25, 0.3) is 11.8 Å². The highest BCUT2D eigenvalue weighted by Crippen LogP contribution is 2.45. The van der Waals surface area contributed by atoms with Crippen LogP contribution < -0.4 is 11.1 Å². The fraction of sp³-hybridized carbons (Fsp3) is 0.450. The molecule has 0 aliphatic heterocycles. The van der Waals surface area contributed by atoms with E-state index < -0.39 is 5.91 Å². The van der Waals surface area contributed by atoms with Crippen LogP contribution in [0.3, 0.4) is 0 Å². The van der Waals surface area contributed by atoms with E-state index in [1.165, 1.54) is 16.2 Å². The highest BCUT2D eigenvalue weighted by atomic mass is 32.1. The number of nitrogens with zero attached hydrogens (tertiary/aromatic N) is 1. The smallest absolute Gasteiger partial charge is 0.256 e. The van der Waals surface area contributed by atoms with Crippen molar-refractivity contribution in [3.63, 3.8) is 0 Å². The quantitative estimate of drug-likeness (QED) is 0.832. The Bertz CT molecular complexity index is 827. The van der Waals surface area contributed by atoms with Crippen LogP contribution in [0.1, 0.15) is 64.8 Å². The number of hydrogen-bond acceptors (Lipinski definition) is 4. The fourth-order valence-electron chi connectivity index (χ4n) is 3.57. The number of primary amides is 1. The zero-order chi connectivity index (χ0) is 18.9. The molecule has 2 aromatic rings. The summed E-state index contributed by atoms with van der Waals surface area (Å²) in [6.07, 6.45) is 7.08. The first-order valence-electron chi connectivity index (χ1n) is 8.99. The Labute approximate surface area is 158 Å². The molecule has 0 saturated heterocycles. The number of nitrogens with two attached hydrogens (primary N) is 1. The number of rotatable bonds is 5. The Kier molecular flexibility index (Phi) is 5.14. The molecule has 0 saturated carbocycles. The van der Waals surface area contributed by atoms with Crippen molar-refractivity contribution in [2.24, 2.45) is 17.1 Å². The van der Waals surface area contributed by atoms with Gasteiger partial charge < -0.3 is 11.1 Å². The van der Waals surface area contributed by atoms with Gasteiger partial charge in [-0.3, -0.25) is 14.6 Å². The van der Waals surface area contributed by atoms with E-state index in [-0.39, 0.29) is 11.3 Å². The van der Waals surface area contributed by atoms with E-state index >= 15 is 0 Å². The summed E-state index contributed by atoms with van der Waals surface area (Å²) in [5.74, 6) is -0.150. The third kappa shape index (κ3) is 3.51. The van der Waals surface area contributed by atoms with Crippen LogP contribution in [0.15, 0.2) is 24.5 Å². The third-order valence-electron chi connectivity index (χ3n) is 5.70. The van der Waals surface area contributed by atoms with Gasteiger partial charge in [-0.25, -0.2) is 0 Å². The molecule has 1 atom stereocenters. The minimum atomic E-state index is -0.472. The topological polar surface area (TPSA) is 85.1 Å². The van der Waals surface area contributed by atoms with Gasteiger partial charge in [-0.2, -0.15) is 0 Å². The number of carbonyl (C=O) groups excluding carboxylic acids is 2. The number of fused-ring (bicyclic) bond motifs is 1. The molecule has 1 aliphatic carbocycles. The molecule has 5 nitrogen and oxygen atoms in total. The molecule has 26 heavy (non-hydrogen) atoms. The maximum absolute atomic E-state index is 12.5. The second kappa shape index (κ2) is 7.19. The molecule has 0 spiro atoms. The lowest BCUT2D eigenvalue weighted by molar-refractivity contribution is 0.0999. The molecular formula is C20H25N3O2S. The van der Waals surface area contributed by atoms with Crippen molar-refractivity contribution in [3.8, 4) is 0 Å². The predicted molar refractivity (Wildman–Crippen MR) is 105 cm³/mol. The number of nitrogens with one attached hydrogen (secondary N) is 1. The third-order valence-corrected chi connectivity index (χ3v) is 6.87. The second-order valence-corrected chi connectivity index (χ2v) is 8.65. The number of carbonyl (C=O) groups is 2. The summed E-state index contributed by atoms with van der Waals surface area (Å²) in [7, 11) is 0. The minimum Gasteiger partial charge on any atom is -0.365 e. The van der Waals surface area contributed by atoms with E-state index in [1.54, 1.807) is 24.5 Å². The van der Waals surface area contributed by atoms with Crippen LogP contribution in [0.4, 0.5) is 5.00 Å². The van der Waals surface area contributed by atoms with E-state index in [0.717, 1.165) is 31.2 Å². The molecule has 1 aliphatic rings. The van der Waals surface area contributed by atoms with Crippen molar-refractivity contribution in [1.82, 2.24) is 4.98 Å². The molecule has 2 aromatic heterocycles. The highest BCUT2D eigenvalue weighted by molar-refractivity contribution is 7.17. The van der Waals surface area contributed by atoms with Gasteiger partial charge in [0.05, 0.1) is 5.56 Å².